The summed E-state index contributed by atoms with van der Waals surface area (Å²) in [6.45, 7) is 1.27. The highest BCUT2D eigenvalue weighted by Crippen LogP contribution is 2.25. The van der Waals surface area contributed by atoms with Gasteiger partial charge in [0, 0.05) is 26.6 Å². The predicted octanol–water partition coefficient (Wildman–Crippen LogP) is 1.44. The molecule has 0 bridgehead atoms. The number of hydrogen-bond acceptors (Lipinski definition) is 4. The van der Waals surface area contributed by atoms with Gasteiger partial charge in [0.2, 0.25) is 5.91 Å². The minimum Gasteiger partial charge on any atom is -0.344 e. The van der Waals surface area contributed by atoms with Gasteiger partial charge in [-0.05, 0) is 49.6 Å². The topological polar surface area (TPSA) is 66.5 Å². The highest BCUT2D eigenvalue weighted by molar-refractivity contribution is 7.91. The number of rotatable bonds is 7. The average Bonchev–Trinajstić information content (AvgIpc) is 2.97. The van der Waals surface area contributed by atoms with Crippen LogP contribution in [0.5, 0.6) is 0 Å². The Kier molecular flexibility index (Phi) is 7.51. The van der Waals surface area contributed by atoms with Crippen molar-refractivity contribution in [3.05, 3.63) is 29.3 Å². The smallest absolute Gasteiger partial charge is 0.223 e. The highest BCUT2D eigenvalue weighted by Gasteiger charge is 2.20. The molecule has 0 aromatic heterocycles. The van der Waals surface area contributed by atoms with Crippen LogP contribution >= 0.6 is 12.4 Å². The Hall–Kier alpha value is -1.11. The first-order chi connectivity index (χ1) is 10.4. The molecule has 0 fully saturated rings. The first kappa shape index (κ1) is 19.9. The molecule has 1 aliphatic rings. The lowest BCUT2D eigenvalue weighted by Crippen LogP contribution is -2.33. The number of aryl methyl sites for hydroxylation is 2. The second-order valence-electron chi connectivity index (χ2n) is 5.77. The van der Waals surface area contributed by atoms with E-state index in [4.69, 9.17) is 0 Å². The zero-order chi connectivity index (χ0) is 16.2. The lowest BCUT2D eigenvalue weighted by Gasteiger charge is -2.16. The number of likely N-dealkylation sites (N-methyl/N-ethyl adjacent to an activating group) is 2. The summed E-state index contributed by atoms with van der Waals surface area (Å²) >= 11 is 0. The van der Waals surface area contributed by atoms with Gasteiger partial charge in [0.25, 0.3) is 0 Å². The molecule has 1 amide bonds. The summed E-state index contributed by atoms with van der Waals surface area (Å²) in [7, 11) is 0.118. The van der Waals surface area contributed by atoms with Gasteiger partial charge in [-0.1, -0.05) is 6.07 Å². The Labute approximate surface area is 144 Å². The number of hydrogen-bond donors (Lipinski definition) is 1. The minimum absolute atomic E-state index is 0. The molecule has 5 nitrogen and oxygen atoms in total. The van der Waals surface area contributed by atoms with Crippen molar-refractivity contribution < 1.29 is 13.2 Å². The third-order valence-electron chi connectivity index (χ3n) is 4.14. The van der Waals surface area contributed by atoms with Crippen LogP contribution in [0.2, 0.25) is 0 Å². The van der Waals surface area contributed by atoms with Crippen molar-refractivity contribution in [1.82, 2.24) is 10.2 Å². The summed E-state index contributed by atoms with van der Waals surface area (Å²) in [5, 5.41) is 2.96. The van der Waals surface area contributed by atoms with Crippen molar-refractivity contribution in [2.45, 2.75) is 30.6 Å². The molecule has 0 radical (unpaired) electrons. The van der Waals surface area contributed by atoms with Gasteiger partial charge in [0.05, 0.1) is 10.6 Å². The third kappa shape index (κ3) is 5.19. The molecule has 7 heteroatoms. The molecule has 1 aromatic rings. The van der Waals surface area contributed by atoms with Gasteiger partial charge in [-0.2, -0.15) is 0 Å². The molecule has 1 aromatic carbocycles. The molecule has 1 N–H and O–H groups in total. The highest BCUT2D eigenvalue weighted by atomic mass is 35.5. The Morgan fingerprint density at radius 2 is 1.96 bits per heavy atom. The standard InChI is InChI=1S/C16H24N2O3S.ClH/c1-17-9-10-18(2)16(19)8-11-22(20,21)15-7-6-13-4-3-5-14(13)12-15;/h6-7,12,17H,3-5,8-11H2,1-2H3;1H. The van der Waals surface area contributed by atoms with Crippen LogP contribution in [0.25, 0.3) is 0 Å². The largest absolute Gasteiger partial charge is 0.344 e. The van der Waals surface area contributed by atoms with E-state index in [1.807, 2.05) is 13.1 Å². The first-order valence-electron chi connectivity index (χ1n) is 7.67. The van der Waals surface area contributed by atoms with E-state index >= 15 is 0 Å². The summed E-state index contributed by atoms with van der Waals surface area (Å²) < 4.78 is 24.8. The molecule has 0 spiro atoms. The molecule has 2 rings (SSSR count). The van der Waals surface area contributed by atoms with Crippen molar-refractivity contribution >= 4 is 28.2 Å². The maximum Gasteiger partial charge on any atom is 0.223 e. The molecule has 23 heavy (non-hydrogen) atoms. The van der Waals surface area contributed by atoms with E-state index in [0.717, 1.165) is 24.8 Å². The molecule has 0 heterocycles. The third-order valence-corrected chi connectivity index (χ3v) is 5.85. The quantitative estimate of drug-likeness (QED) is 0.799. The Morgan fingerprint density at radius 3 is 2.65 bits per heavy atom. The van der Waals surface area contributed by atoms with Crippen LogP contribution in [0.1, 0.15) is 24.0 Å². The molecule has 0 aliphatic heterocycles. The fourth-order valence-corrected chi connectivity index (χ4v) is 3.95. The van der Waals surface area contributed by atoms with E-state index < -0.39 is 9.84 Å². The number of fused-ring (bicyclic) bond motifs is 1. The molecule has 0 saturated heterocycles. The summed E-state index contributed by atoms with van der Waals surface area (Å²) in [6, 6.07) is 5.37. The minimum atomic E-state index is -3.39. The summed E-state index contributed by atoms with van der Waals surface area (Å²) in [5.74, 6) is -0.269. The number of halogens is 1. The molecule has 0 saturated carbocycles. The van der Waals surface area contributed by atoms with Crippen molar-refractivity contribution in [2.75, 3.05) is 32.9 Å². The van der Waals surface area contributed by atoms with E-state index in [9.17, 15) is 13.2 Å². The lowest BCUT2D eigenvalue weighted by atomic mass is 10.1. The number of amides is 1. The molecular weight excluding hydrogens is 336 g/mol. The van der Waals surface area contributed by atoms with E-state index in [0.29, 0.717) is 18.0 Å². The summed E-state index contributed by atoms with van der Waals surface area (Å²) in [6.07, 6.45) is 3.10. The Bertz CT molecular complexity index is 647. The van der Waals surface area contributed by atoms with Crippen LogP contribution in [0.4, 0.5) is 0 Å². The summed E-state index contributed by atoms with van der Waals surface area (Å²) in [4.78, 5) is 13.9. The first-order valence-corrected chi connectivity index (χ1v) is 9.32. The number of benzene rings is 1. The van der Waals surface area contributed by atoms with Gasteiger partial charge >= 0.3 is 0 Å². The molecule has 130 valence electrons. The second-order valence-corrected chi connectivity index (χ2v) is 7.88. The van der Waals surface area contributed by atoms with Gasteiger partial charge in [-0.25, -0.2) is 8.42 Å². The zero-order valence-corrected chi connectivity index (χ0v) is 15.3. The van der Waals surface area contributed by atoms with E-state index in [1.165, 1.54) is 5.56 Å². The monoisotopic (exact) mass is 360 g/mol. The van der Waals surface area contributed by atoms with Crippen molar-refractivity contribution in [2.24, 2.45) is 0 Å². The molecule has 0 atom stereocenters. The fourth-order valence-electron chi connectivity index (χ4n) is 2.68. The van der Waals surface area contributed by atoms with Crippen LogP contribution in [0.15, 0.2) is 23.1 Å². The maximum absolute atomic E-state index is 12.4. The van der Waals surface area contributed by atoms with Gasteiger partial charge in [-0.15, -0.1) is 12.4 Å². The van der Waals surface area contributed by atoms with E-state index in [-0.39, 0.29) is 30.5 Å². The van der Waals surface area contributed by atoms with Crippen LogP contribution in [0, 0.1) is 0 Å². The predicted molar refractivity (Wildman–Crippen MR) is 93.9 cm³/mol. The Balaban J connectivity index is 0.00000264. The number of nitrogens with one attached hydrogen (secondary N) is 1. The van der Waals surface area contributed by atoms with Crippen LogP contribution < -0.4 is 5.32 Å². The normalized spacial score (nSPS) is 13.3. The second kappa shape index (κ2) is 8.66. The van der Waals surface area contributed by atoms with Crippen LogP contribution in [-0.2, 0) is 27.5 Å². The number of carbonyl (C=O) groups excluding carboxylic acids is 1. The lowest BCUT2D eigenvalue weighted by molar-refractivity contribution is -0.129. The van der Waals surface area contributed by atoms with Crippen LogP contribution in [0.3, 0.4) is 0 Å². The van der Waals surface area contributed by atoms with Crippen LogP contribution in [-0.4, -0.2) is 52.2 Å². The van der Waals surface area contributed by atoms with Crippen molar-refractivity contribution in [3.8, 4) is 0 Å². The van der Waals surface area contributed by atoms with Gasteiger partial charge < -0.3 is 10.2 Å². The number of sulfone groups is 1. The van der Waals surface area contributed by atoms with E-state index in [2.05, 4.69) is 5.32 Å². The van der Waals surface area contributed by atoms with Crippen molar-refractivity contribution in [1.29, 1.82) is 0 Å². The summed E-state index contributed by atoms with van der Waals surface area (Å²) in [5.41, 5.74) is 2.39. The average molecular weight is 361 g/mol. The molecule has 0 unspecified atom stereocenters. The zero-order valence-electron chi connectivity index (χ0n) is 13.7. The Morgan fingerprint density at radius 1 is 1.26 bits per heavy atom. The fraction of sp³-hybridized carbons (Fsp3) is 0.562. The molecular formula is C16H25ClN2O3S. The molecule has 1 aliphatic carbocycles. The SMILES string of the molecule is CNCCN(C)C(=O)CCS(=O)(=O)c1ccc2c(c1)CCC2.Cl. The van der Waals surface area contributed by atoms with E-state index in [1.54, 1.807) is 24.1 Å². The van der Waals surface area contributed by atoms with Gasteiger partial charge in [0.1, 0.15) is 0 Å². The van der Waals surface area contributed by atoms with Gasteiger partial charge in [-0.3, -0.25) is 4.79 Å². The number of nitrogens with zero attached hydrogens (tertiary/aromatic N) is 1. The van der Waals surface area contributed by atoms with Gasteiger partial charge in [0.15, 0.2) is 9.84 Å². The maximum atomic E-state index is 12.4. The number of carbonyl (C=O) groups is 1. The van der Waals surface area contributed by atoms with Crippen molar-refractivity contribution in [3.63, 3.8) is 0 Å².